The molecule has 0 saturated heterocycles. The van der Waals surface area contributed by atoms with Crippen LogP contribution in [0.25, 0.3) is 0 Å². The molecule has 0 saturated carbocycles. The minimum atomic E-state index is 0.242. The van der Waals surface area contributed by atoms with Crippen LogP contribution in [0.3, 0.4) is 0 Å². The van der Waals surface area contributed by atoms with Crippen molar-refractivity contribution >= 4 is 22.9 Å². The van der Waals surface area contributed by atoms with Gasteiger partial charge in [0.2, 0.25) is 0 Å². The Morgan fingerprint density at radius 2 is 2.27 bits per heavy atom. The molecule has 0 spiro atoms. The van der Waals surface area contributed by atoms with E-state index < -0.39 is 0 Å². The number of rotatable bonds is 3. The first-order valence-electron chi connectivity index (χ1n) is 3.72. The molecule has 11 heavy (non-hydrogen) atoms. The maximum atomic E-state index is 5.81. The van der Waals surface area contributed by atoms with Crippen molar-refractivity contribution in [2.24, 2.45) is 5.41 Å². The molecule has 0 unspecified atom stereocenters. The van der Waals surface area contributed by atoms with Crippen molar-refractivity contribution in [1.29, 1.82) is 0 Å². The van der Waals surface area contributed by atoms with Gasteiger partial charge in [-0.05, 0) is 23.3 Å². The molecule has 2 heteroatoms. The van der Waals surface area contributed by atoms with E-state index in [1.54, 1.807) is 11.3 Å². The molecule has 0 nitrogen and oxygen atoms in total. The van der Waals surface area contributed by atoms with Gasteiger partial charge in [0.15, 0.2) is 0 Å². The number of halogens is 1. The summed E-state index contributed by atoms with van der Waals surface area (Å²) in [5, 5.41) is 2.11. The highest BCUT2D eigenvalue weighted by atomic mass is 35.5. The van der Waals surface area contributed by atoms with Gasteiger partial charge in [0.1, 0.15) is 0 Å². The first kappa shape index (κ1) is 9.08. The summed E-state index contributed by atoms with van der Waals surface area (Å²) in [6, 6.07) is 4.25. The molecule has 0 aromatic carbocycles. The van der Waals surface area contributed by atoms with Crippen LogP contribution in [-0.2, 0) is 6.42 Å². The number of hydrogen-bond donors (Lipinski definition) is 0. The quantitative estimate of drug-likeness (QED) is 0.637. The average Bonchev–Trinajstić information content (AvgIpc) is 2.39. The fourth-order valence-corrected chi connectivity index (χ4v) is 1.99. The largest absolute Gasteiger partial charge is 0.149 e. The SMILES string of the molecule is CC(C)(CCl)Cc1cccs1. The minimum Gasteiger partial charge on any atom is -0.149 e. The van der Waals surface area contributed by atoms with E-state index in [4.69, 9.17) is 11.6 Å². The molecule has 0 radical (unpaired) electrons. The molecule has 62 valence electrons. The molecule has 1 heterocycles. The zero-order chi connectivity index (χ0) is 8.32. The third-order valence-corrected chi connectivity index (χ3v) is 3.19. The van der Waals surface area contributed by atoms with E-state index >= 15 is 0 Å². The van der Waals surface area contributed by atoms with Crippen molar-refractivity contribution in [1.82, 2.24) is 0 Å². The lowest BCUT2D eigenvalue weighted by Gasteiger charge is -2.19. The fourth-order valence-electron chi connectivity index (χ4n) is 0.932. The van der Waals surface area contributed by atoms with Crippen molar-refractivity contribution in [2.75, 3.05) is 5.88 Å². The van der Waals surface area contributed by atoms with Crippen LogP contribution in [0.15, 0.2) is 17.5 Å². The third-order valence-electron chi connectivity index (χ3n) is 1.59. The molecule has 0 bridgehead atoms. The zero-order valence-corrected chi connectivity index (χ0v) is 8.50. The second-order valence-electron chi connectivity index (χ2n) is 3.55. The molecular formula is C9H13ClS. The summed E-state index contributed by atoms with van der Waals surface area (Å²) in [7, 11) is 0. The highest BCUT2D eigenvalue weighted by Gasteiger charge is 2.16. The van der Waals surface area contributed by atoms with Crippen LogP contribution in [0.2, 0.25) is 0 Å². The van der Waals surface area contributed by atoms with Gasteiger partial charge in [-0.2, -0.15) is 0 Å². The summed E-state index contributed by atoms with van der Waals surface area (Å²) in [5.41, 5.74) is 0.242. The van der Waals surface area contributed by atoms with E-state index in [2.05, 4.69) is 31.4 Å². The van der Waals surface area contributed by atoms with Crippen LogP contribution in [0.1, 0.15) is 18.7 Å². The predicted octanol–water partition coefficient (Wildman–Crippen LogP) is 3.56. The van der Waals surface area contributed by atoms with Crippen molar-refractivity contribution in [3.8, 4) is 0 Å². The Labute approximate surface area is 77.2 Å². The maximum Gasteiger partial charge on any atom is 0.0278 e. The Hall–Kier alpha value is -0.0100. The summed E-state index contributed by atoms with van der Waals surface area (Å²) >= 11 is 7.62. The van der Waals surface area contributed by atoms with Crippen LogP contribution in [0.4, 0.5) is 0 Å². The molecular weight excluding hydrogens is 176 g/mol. The van der Waals surface area contributed by atoms with E-state index in [1.165, 1.54) is 4.88 Å². The second kappa shape index (κ2) is 3.59. The molecule has 0 fully saturated rings. The highest BCUT2D eigenvalue weighted by molar-refractivity contribution is 7.09. The summed E-state index contributed by atoms with van der Waals surface area (Å²) in [6.45, 7) is 4.39. The Kier molecular flexibility index (Phi) is 2.97. The molecule has 0 aliphatic rings. The Balaban J connectivity index is 2.56. The lowest BCUT2D eigenvalue weighted by atomic mass is 9.91. The lowest BCUT2D eigenvalue weighted by molar-refractivity contribution is 0.421. The zero-order valence-electron chi connectivity index (χ0n) is 6.93. The first-order chi connectivity index (χ1) is 5.14. The summed E-state index contributed by atoms with van der Waals surface area (Å²) < 4.78 is 0. The van der Waals surface area contributed by atoms with Gasteiger partial charge in [-0.1, -0.05) is 19.9 Å². The van der Waals surface area contributed by atoms with Crippen LogP contribution in [0, 0.1) is 5.41 Å². The Bertz CT molecular complexity index is 201. The molecule has 0 amide bonds. The minimum absolute atomic E-state index is 0.242. The molecule has 0 atom stereocenters. The van der Waals surface area contributed by atoms with E-state index in [0.717, 1.165) is 12.3 Å². The van der Waals surface area contributed by atoms with Crippen LogP contribution < -0.4 is 0 Å². The standard InChI is InChI=1S/C9H13ClS/c1-9(2,7-10)6-8-4-3-5-11-8/h3-5H,6-7H2,1-2H3. The van der Waals surface area contributed by atoms with E-state index in [9.17, 15) is 0 Å². The van der Waals surface area contributed by atoms with Crippen LogP contribution in [0.5, 0.6) is 0 Å². The van der Waals surface area contributed by atoms with Crippen molar-refractivity contribution in [2.45, 2.75) is 20.3 Å². The third kappa shape index (κ3) is 2.84. The average molecular weight is 189 g/mol. The number of alkyl halides is 1. The van der Waals surface area contributed by atoms with Crippen molar-refractivity contribution < 1.29 is 0 Å². The van der Waals surface area contributed by atoms with E-state index in [0.29, 0.717) is 0 Å². The van der Waals surface area contributed by atoms with Gasteiger partial charge in [0.05, 0.1) is 0 Å². The first-order valence-corrected chi connectivity index (χ1v) is 5.14. The van der Waals surface area contributed by atoms with Gasteiger partial charge in [0, 0.05) is 10.8 Å². The summed E-state index contributed by atoms with van der Waals surface area (Å²) in [4.78, 5) is 1.43. The number of hydrogen-bond acceptors (Lipinski definition) is 1. The van der Waals surface area contributed by atoms with Crippen LogP contribution in [-0.4, -0.2) is 5.88 Å². The smallest absolute Gasteiger partial charge is 0.0278 e. The number of thiophene rings is 1. The molecule has 0 aliphatic carbocycles. The fraction of sp³-hybridized carbons (Fsp3) is 0.556. The van der Waals surface area contributed by atoms with Gasteiger partial charge in [-0.15, -0.1) is 22.9 Å². The van der Waals surface area contributed by atoms with Gasteiger partial charge < -0.3 is 0 Å². The van der Waals surface area contributed by atoms with Gasteiger partial charge in [-0.3, -0.25) is 0 Å². The Morgan fingerprint density at radius 1 is 1.55 bits per heavy atom. The maximum absolute atomic E-state index is 5.81. The van der Waals surface area contributed by atoms with Crippen LogP contribution >= 0.6 is 22.9 Å². The molecule has 0 aliphatic heterocycles. The van der Waals surface area contributed by atoms with Gasteiger partial charge in [0.25, 0.3) is 0 Å². The summed E-state index contributed by atoms with van der Waals surface area (Å²) in [6.07, 6.45) is 1.09. The second-order valence-corrected chi connectivity index (χ2v) is 4.85. The lowest BCUT2D eigenvalue weighted by Crippen LogP contribution is -2.15. The van der Waals surface area contributed by atoms with Crippen molar-refractivity contribution in [3.05, 3.63) is 22.4 Å². The Morgan fingerprint density at radius 3 is 2.73 bits per heavy atom. The highest BCUT2D eigenvalue weighted by Crippen LogP contribution is 2.25. The summed E-state index contributed by atoms with van der Waals surface area (Å²) in [5.74, 6) is 0.727. The molecule has 1 aromatic heterocycles. The van der Waals surface area contributed by atoms with Crippen molar-refractivity contribution in [3.63, 3.8) is 0 Å². The molecule has 1 aromatic rings. The van der Waals surface area contributed by atoms with Gasteiger partial charge >= 0.3 is 0 Å². The molecule has 0 N–H and O–H groups in total. The molecule has 1 rings (SSSR count). The normalized spacial score (nSPS) is 11.9. The topological polar surface area (TPSA) is 0 Å². The van der Waals surface area contributed by atoms with E-state index in [1.807, 2.05) is 0 Å². The monoisotopic (exact) mass is 188 g/mol. The van der Waals surface area contributed by atoms with Gasteiger partial charge in [-0.25, -0.2) is 0 Å². The van der Waals surface area contributed by atoms with E-state index in [-0.39, 0.29) is 5.41 Å². The predicted molar refractivity (Wildman–Crippen MR) is 52.5 cm³/mol.